The summed E-state index contributed by atoms with van der Waals surface area (Å²) in [5, 5.41) is 0.865. The zero-order chi connectivity index (χ0) is 15.6. The fourth-order valence-corrected chi connectivity index (χ4v) is 3.25. The molecule has 3 unspecified atom stereocenters. The fourth-order valence-electron chi connectivity index (χ4n) is 3.09. The van der Waals surface area contributed by atoms with E-state index in [1.807, 2.05) is 6.92 Å². The van der Waals surface area contributed by atoms with E-state index in [1.165, 1.54) is 5.56 Å². The van der Waals surface area contributed by atoms with Crippen LogP contribution < -0.4 is 4.74 Å². The Balaban J connectivity index is 2.24. The van der Waals surface area contributed by atoms with Crippen LogP contribution in [0.1, 0.15) is 62.6 Å². The minimum absolute atomic E-state index is 0.400. The maximum Gasteiger partial charge on any atom is 0.123 e. The Morgan fingerprint density at radius 3 is 2.57 bits per heavy atom. The normalized spacial score (nSPS) is 22.2. The molecule has 1 aromatic carbocycles. The van der Waals surface area contributed by atoms with E-state index in [0.717, 1.165) is 47.8 Å². The summed E-state index contributed by atoms with van der Waals surface area (Å²) >= 11 is 6.45. The van der Waals surface area contributed by atoms with E-state index in [2.05, 4.69) is 33.8 Å². The van der Waals surface area contributed by atoms with Gasteiger partial charge in [-0.15, -0.1) is 0 Å². The largest absolute Gasteiger partial charge is 0.493 e. The second-order valence-corrected chi connectivity index (χ2v) is 6.53. The Kier molecular flexibility index (Phi) is 5.56. The minimum atomic E-state index is 0.400. The topological polar surface area (TPSA) is 21.8 Å². The second kappa shape index (κ2) is 7.02. The molecule has 118 valence electrons. The number of ether oxygens (including phenoxy) is 2. The van der Waals surface area contributed by atoms with E-state index in [-0.39, 0.29) is 0 Å². The van der Waals surface area contributed by atoms with Gasteiger partial charge in [0.1, 0.15) is 5.75 Å². The highest BCUT2D eigenvalue weighted by Crippen LogP contribution is 2.41. The molecular formula is C18H27ClO2. The number of hydrogen-bond acceptors (Lipinski definition) is 2. The average Bonchev–Trinajstić information content (AvgIpc) is 3.20. The summed E-state index contributed by atoms with van der Waals surface area (Å²) in [6.07, 6.45) is 4.01. The van der Waals surface area contributed by atoms with Crippen molar-refractivity contribution < 1.29 is 9.47 Å². The summed E-state index contributed by atoms with van der Waals surface area (Å²) in [5.41, 5.74) is 3.50. The number of epoxide rings is 1. The van der Waals surface area contributed by atoms with E-state index in [9.17, 15) is 0 Å². The lowest BCUT2D eigenvalue weighted by atomic mass is 9.89. The highest BCUT2D eigenvalue weighted by Gasteiger charge is 2.38. The first kappa shape index (κ1) is 16.6. The van der Waals surface area contributed by atoms with Crippen molar-refractivity contribution in [2.45, 2.75) is 72.0 Å². The highest BCUT2D eigenvalue weighted by atomic mass is 35.5. The predicted octanol–water partition coefficient (Wildman–Crippen LogP) is 5.42. The molecule has 0 aliphatic carbocycles. The Morgan fingerprint density at radius 2 is 2.00 bits per heavy atom. The highest BCUT2D eigenvalue weighted by molar-refractivity contribution is 6.32. The van der Waals surface area contributed by atoms with Crippen molar-refractivity contribution in [1.29, 1.82) is 0 Å². The lowest BCUT2D eigenvalue weighted by Crippen LogP contribution is -2.08. The first-order chi connectivity index (χ1) is 9.99. The fraction of sp³-hybridized carbons (Fsp3) is 0.667. The molecule has 0 bridgehead atoms. The van der Waals surface area contributed by atoms with Gasteiger partial charge in [0.25, 0.3) is 0 Å². The molecule has 1 aromatic rings. The minimum Gasteiger partial charge on any atom is -0.493 e. The van der Waals surface area contributed by atoms with Gasteiger partial charge in [-0.2, -0.15) is 0 Å². The first-order valence-electron chi connectivity index (χ1n) is 8.07. The van der Waals surface area contributed by atoms with Gasteiger partial charge in [-0.1, -0.05) is 32.4 Å². The van der Waals surface area contributed by atoms with Crippen LogP contribution >= 0.6 is 11.6 Å². The van der Waals surface area contributed by atoms with Gasteiger partial charge in [0.2, 0.25) is 0 Å². The summed E-state index contributed by atoms with van der Waals surface area (Å²) in [5.74, 6) is 1.40. The van der Waals surface area contributed by atoms with Crippen LogP contribution in [0.4, 0.5) is 0 Å². The third-order valence-electron chi connectivity index (χ3n) is 4.32. The molecular weight excluding hydrogens is 284 g/mol. The molecule has 1 fully saturated rings. The van der Waals surface area contributed by atoms with Crippen LogP contribution in [0.5, 0.6) is 5.75 Å². The molecule has 3 atom stereocenters. The number of halogens is 1. The third-order valence-corrected chi connectivity index (χ3v) is 4.90. The van der Waals surface area contributed by atoms with E-state index < -0.39 is 0 Å². The Bertz CT molecular complexity index is 498. The van der Waals surface area contributed by atoms with Gasteiger partial charge >= 0.3 is 0 Å². The monoisotopic (exact) mass is 310 g/mol. The van der Waals surface area contributed by atoms with Crippen molar-refractivity contribution in [3.05, 3.63) is 27.8 Å². The lowest BCUT2D eigenvalue weighted by molar-refractivity contribution is 0.309. The number of rotatable bonds is 7. The number of aryl methyl sites for hydroxylation is 1. The second-order valence-electron chi connectivity index (χ2n) is 6.15. The standard InChI is InChI=1S/C18H27ClO2/c1-6-8-20-16-10-12(4)18(19)13(5)17(16)11(3)9-15-14(7-2)21-15/h10-11,14-15H,6-9H2,1-5H3. The third kappa shape index (κ3) is 3.73. The van der Waals surface area contributed by atoms with Gasteiger partial charge in [0.05, 0.1) is 18.8 Å². The molecule has 0 N–H and O–H groups in total. The van der Waals surface area contributed by atoms with Crippen LogP contribution in [-0.4, -0.2) is 18.8 Å². The summed E-state index contributed by atoms with van der Waals surface area (Å²) in [6, 6.07) is 2.09. The van der Waals surface area contributed by atoms with Gasteiger partial charge in [-0.3, -0.25) is 0 Å². The quantitative estimate of drug-likeness (QED) is 0.627. The van der Waals surface area contributed by atoms with Crippen molar-refractivity contribution >= 4 is 11.6 Å². The first-order valence-corrected chi connectivity index (χ1v) is 8.45. The van der Waals surface area contributed by atoms with E-state index >= 15 is 0 Å². The maximum absolute atomic E-state index is 6.45. The molecule has 0 amide bonds. The van der Waals surface area contributed by atoms with Crippen molar-refractivity contribution in [2.24, 2.45) is 0 Å². The van der Waals surface area contributed by atoms with Crippen LogP contribution in [0.2, 0.25) is 5.02 Å². The maximum atomic E-state index is 6.45. The molecule has 2 nitrogen and oxygen atoms in total. The molecule has 0 spiro atoms. The van der Waals surface area contributed by atoms with Crippen LogP contribution in [0.15, 0.2) is 6.07 Å². The molecule has 0 radical (unpaired) electrons. The molecule has 0 aromatic heterocycles. The van der Waals surface area contributed by atoms with Gasteiger partial charge < -0.3 is 9.47 Å². The van der Waals surface area contributed by atoms with Gasteiger partial charge in [0.15, 0.2) is 0 Å². The van der Waals surface area contributed by atoms with Gasteiger partial charge in [-0.25, -0.2) is 0 Å². The van der Waals surface area contributed by atoms with E-state index in [4.69, 9.17) is 21.1 Å². The SMILES string of the molecule is CCCOc1cc(C)c(Cl)c(C)c1C(C)CC1OC1CC. The zero-order valence-electron chi connectivity index (χ0n) is 13.8. The molecule has 2 rings (SSSR count). The molecule has 21 heavy (non-hydrogen) atoms. The smallest absolute Gasteiger partial charge is 0.123 e. The molecule has 1 heterocycles. The van der Waals surface area contributed by atoms with Crippen molar-refractivity contribution in [2.75, 3.05) is 6.61 Å². The van der Waals surface area contributed by atoms with E-state index in [0.29, 0.717) is 18.1 Å². The van der Waals surface area contributed by atoms with Crippen molar-refractivity contribution in [3.63, 3.8) is 0 Å². The van der Waals surface area contributed by atoms with Crippen molar-refractivity contribution in [3.8, 4) is 5.75 Å². The van der Waals surface area contributed by atoms with Crippen molar-refractivity contribution in [1.82, 2.24) is 0 Å². The molecule has 1 aliphatic heterocycles. The van der Waals surface area contributed by atoms with Crippen LogP contribution in [0.3, 0.4) is 0 Å². The number of hydrogen-bond donors (Lipinski definition) is 0. The summed E-state index contributed by atoms with van der Waals surface area (Å²) in [7, 11) is 0. The van der Waals surface area contributed by atoms with Crippen LogP contribution in [0.25, 0.3) is 0 Å². The van der Waals surface area contributed by atoms with Gasteiger partial charge in [-0.05, 0) is 56.2 Å². The summed E-state index contributed by atoms with van der Waals surface area (Å²) < 4.78 is 11.7. The molecule has 1 aliphatic rings. The molecule has 1 saturated heterocycles. The Morgan fingerprint density at radius 1 is 1.29 bits per heavy atom. The van der Waals surface area contributed by atoms with E-state index in [1.54, 1.807) is 0 Å². The Labute approximate surface area is 133 Å². The van der Waals surface area contributed by atoms with Crippen LogP contribution in [0, 0.1) is 13.8 Å². The summed E-state index contributed by atoms with van der Waals surface area (Å²) in [6.45, 7) is 11.4. The molecule has 3 heteroatoms. The summed E-state index contributed by atoms with van der Waals surface area (Å²) in [4.78, 5) is 0. The van der Waals surface area contributed by atoms with Gasteiger partial charge in [0, 0.05) is 10.6 Å². The Hall–Kier alpha value is -0.730. The predicted molar refractivity (Wildman–Crippen MR) is 88.7 cm³/mol. The molecule has 0 saturated carbocycles. The van der Waals surface area contributed by atoms with Crippen LogP contribution in [-0.2, 0) is 4.74 Å². The number of benzene rings is 1. The lowest BCUT2D eigenvalue weighted by Gasteiger charge is -2.21. The average molecular weight is 311 g/mol. The zero-order valence-corrected chi connectivity index (χ0v) is 14.6.